The molecule has 1 heterocycles. The Labute approximate surface area is 99.0 Å². The fourth-order valence-corrected chi connectivity index (χ4v) is 2.31. The molecule has 3 heteroatoms. The molecule has 0 spiro atoms. The van der Waals surface area contributed by atoms with Gasteiger partial charge in [0.1, 0.15) is 0 Å². The summed E-state index contributed by atoms with van der Waals surface area (Å²) in [6.45, 7) is 1.78. The number of anilines is 1. The smallest absolute Gasteiger partial charge is 0.0811 e. The minimum atomic E-state index is -0.281. The molecule has 1 aromatic rings. The van der Waals surface area contributed by atoms with Crippen LogP contribution in [-0.4, -0.2) is 29.6 Å². The van der Waals surface area contributed by atoms with Gasteiger partial charge in [-0.3, -0.25) is 0 Å². The highest BCUT2D eigenvalue weighted by atomic mass is 79.9. The van der Waals surface area contributed by atoms with Gasteiger partial charge in [0.05, 0.1) is 6.10 Å². The van der Waals surface area contributed by atoms with E-state index in [1.807, 2.05) is 0 Å². The average Bonchev–Trinajstić information content (AvgIpc) is 2.29. The van der Waals surface area contributed by atoms with Crippen molar-refractivity contribution >= 4 is 21.6 Å². The number of fused-ring (bicyclic) bond motifs is 1. The number of benzene rings is 1. The van der Waals surface area contributed by atoms with Crippen LogP contribution >= 0.6 is 15.9 Å². The Balaban J connectivity index is 2.15. The van der Waals surface area contributed by atoms with Crippen molar-refractivity contribution in [2.75, 3.05) is 23.3 Å². The molecule has 15 heavy (non-hydrogen) atoms. The van der Waals surface area contributed by atoms with Crippen LogP contribution in [0, 0.1) is 0 Å². The first kappa shape index (κ1) is 11.0. The lowest BCUT2D eigenvalue weighted by molar-refractivity contribution is 0.205. The molecule has 0 saturated carbocycles. The third-order valence-corrected chi connectivity index (χ3v) is 3.56. The molecule has 0 amide bonds. The van der Waals surface area contributed by atoms with E-state index in [0.717, 1.165) is 19.5 Å². The van der Waals surface area contributed by atoms with Gasteiger partial charge in [0.25, 0.3) is 0 Å². The maximum atomic E-state index is 9.65. The van der Waals surface area contributed by atoms with Gasteiger partial charge in [-0.05, 0) is 24.5 Å². The summed E-state index contributed by atoms with van der Waals surface area (Å²) >= 11 is 3.30. The van der Waals surface area contributed by atoms with Gasteiger partial charge >= 0.3 is 0 Å². The summed E-state index contributed by atoms with van der Waals surface area (Å²) in [5.41, 5.74) is 2.70. The Morgan fingerprint density at radius 1 is 1.40 bits per heavy atom. The second kappa shape index (κ2) is 4.99. The van der Waals surface area contributed by atoms with E-state index < -0.39 is 0 Å². The monoisotopic (exact) mass is 269 g/mol. The van der Waals surface area contributed by atoms with Gasteiger partial charge in [-0.15, -0.1) is 0 Å². The Morgan fingerprint density at radius 3 is 3.00 bits per heavy atom. The second-order valence-electron chi connectivity index (χ2n) is 3.99. The van der Waals surface area contributed by atoms with Crippen LogP contribution in [0.1, 0.15) is 12.0 Å². The van der Waals surface area contributed by atoms with E-state index in [1.54, 1.807) is 0 Å². The number of rotatable bonds is 3. The van der Waals surface area contributed by atoms with Crippen molar-refractivity contribution in [1.82, 2.24) is 0 Å². The minimum absolute atomic E-state index is 0.281. The van der Waals surface area contributed by atoms with Gasteiger partial charge in [-0.1, -0.05) is 34.1 Å². The van der Waals surface area contributed by atoms with Gasteiger partial charge in [-0.2, -0.15) is 0 Å². The SMILES string of the molecule is OC(CBr)CN1CCCc2ccccc21. The number of hydrogen-bond acceptors (Lipinski definition) is 2. The number of aliphatic hydroxyl groups excluding tert-OH is 1. The summed E-state index contributed by atoms with van der Waals surface area (Å²) in [7, 11) is 0. The fraction of sp³-hybridized carbons (Fsp3) is 0.500. The first-order valence-corrected chi connectivity index (χ1v) is 6.50. The molecule has 2 nitrogen and oxygen atoms in total. The fourth-order valence-electron chi connectivity index (χ4n) is 2.10. The van der Waals surface area contributed by atoms with Gasteiger partial charge in [-0.25, -0.2) is 0 Å². The molecule has 1 aromatic carbocycles. The van der Waals surface area contributed by atoms with Crippen molar-refractivity contribution in [1.29, 1.82) is 0 Å². The molecule has 1 aliphatic heterocycles. The molecule has 0 aliphatic carbocycles. The minimum Gasteiger partial charge on any atom is -0.390 e. The predicted octanol–water partition coefficient (Wildman–Crippen LogP) is 2.20. The van der Waals surface area contributed by atoms with E-state index in [1.165, 1.54) is 17.7 Å². The zero-order chi connectivity index (χ0) is 10.7. The summed E-state index contributed by atoms with van der Waals surface area (Å²) in [4.78, 5) is 2.28. The van der Waals surface area contributed by atoms with Gasteiger partial charge in [0.15, 0.2) is 0 Å². The van der Waals surface area contributed by atoms with E-state index in [2.05, 4.69) is 45.1 Å². The van der Waals surface area contributed by atoms with Crippen molar-refractivity contribution in [3.05, 3.63) is 29.8 Å². The zero-order valence-corrected chi connectivity index (χ0v) is 10.3. The number of aryl methyl sites for hydroxylation is 1. The van der Waals surface area contributed by atoms with Crippen LogP contribution in [0.15, 0.2) is 24.3 Å². The van der Waals surface area contributed by atoms with E-state index in [-0.39, 0.29) is 6.10 Å². The highest BCUT2D eigenvalue weighted by Crippen LogP contribution is 2.26. The van der Waals surface area contributed by atoms with Crippen LogP contribution in [-0.2, 0) is 6.42 Å². The topological polar surface area (TPSA) is 23.5 Å². The van der Waals surface area contributed by atoms with E-state index in [9.17, 15) is 5.11 Å². The van der Waals surface area contributed by atoms with E-state index in [0.29, 0.717) is 5.33 Å². The molecule has 2 rings (SSSR count). The molecule has 0 aromatic heterocycles. The van der Waals surface area contributed by atoms with Crippen LogP contribution in [0.2, 0.25) is 0 Å². The summed E-state index contributed by atoms with van der Waals surface area (Å²) in [5.74, 6) is 0. The summed E-state index contributed by atoms with van der Waals surface area (Å²) in [5, 5.41) is 10.3. The highest BCUT2D eigenvalue weighted by Gasteiger charge is 2.17. The lowest BCUT2D eigenvalue weighted by Crippen LogP contribution is -2.36. The number of β-amino-alcohol motifs (C(OH)–C–C–N with tert-alkyl or cyclic N) is 1. The van der Waals surface area contributed by atoms with E-state index >= 15 is 0 Å². The number of hydrogen-bond donors (Lipinski definition) is 1. The molecule has 82 valence electrons. The van der Waals surface area contributed by atoms with Crippen molar-refractivity contribution in [2.24, 2.45) is 0 Å². The average molecular weight is 270 g/mol. The molecule has 1 N–H and O–H groups in total. The molecular formula is C12H16BrNO. The summed E-state index contributed by atoms with van der Waals surface area (Å²) in [6, 6.07) is 8.48. The Hall–Kier alpha value is -0.540. The largest absolute Gasteiger partial charge is 0.390 e. The third-order valence-electron chi connectivity index (χ3n) is 2.82. The van der Waals surface area contributed by atoms with Crippen LogP contribution in [0.3, 0.4) is 0 Å². The Morgan fingerprint density at radius 2 is 2.20 bits per heavy atom. The van der Waals surface area contributed by atoms with Crippen molar-refractivity contribution in [3.8, 4) is 0 Å². The number of nitrogens with zero attached hydrogens (tertiary/aromatic N) is 1. The van der Waals surface area contributed by atoms with Gasteiger partial charge in [0.2, 0.25) is 0 Å². The molecular weight excluding hydrogens is 254 g/mol. The lowest BCUT2D eigenvalue weighted by atomic mass is 10.0. The standard InChI is InChI=1S/C12H16BrNO/c13-8-11(15)9-14-7-3-5-10-4-1-2-6-12(10)14/h1-2,4,6,11,15H,3,5,7-9H2. The number of alkyl halides is 1. The molecule has 1 atom stereocenters. The van der Waals surface area contributed by atoms with Crippen LogP contribution < -0.4 is 4.90 Å². The summed E-state index contributed by atoms with van der Waals surface area (Å²) in [6.07, 6.45) is 2.07. The van der Waals surface area contributed by atoms with E-state index in [4.69, 9.17) is 0 Å². The molecule has 0 saturated heterocycles. The Bertz CT molecular complexity index is 329. The highest BCUT2D eigenvalue weighted by molar-refractivity contribution is 9.09. The van der Waals surface area contributed by atoms with Crippen molar-refractivity contribution in [3.63, 3.8) is 0 Å². The normalized spacial score (nSPS) is 17.3. The van der Waals surface area contributed by atoms with Crippen molar-refractivity contribution < 1.29 is 5.11 Å². The first-order valence-electron chi connectivity index (χ1n) is 5.38. The molecule has 1 aliphatic rings. The maximum absolute atomic E-state index is 9.65. The van der Waals surface area contributed by atoms with Crippen LogP contribution in [0.25, 0.3) is 0 Å². The van der Waals surface area contributed by atoms with Crippen LogP contribution in [0.5, 0.6) is 0 Å². The number of aliphatic hydroxyl groups is 1. The lowest BCUT2D eigenvalue weighted by Gasteiger charge is -2.32. The van der Waals surface area contributed by atoms with Crippen LogP contribution in [0.4, 0.5) is 5.69 Å². The molecule has 1 unspecified atom stereocenters. The Kier molecular flexibility index (Phi) is 3.65. The number of para-hydroxylation sites is 1. The van der Waals surface area contributed by atoms with Gasteiger partial charge in [0, 0.05) is 24.1 Å². The molecule has 0 radical (unpaired) electrons. The number of halogens is 1. The molecule has 0 fully saturated rings. The predicted molar refractivity (Wildman–Crippen MR) is 66.8 cm³/mol. The third kappa shape index (κ3) is 2.52. The second-order valence-corrected chi connectivity index (χ2v) is 4.63. The van der Waals surface area contributed by atoms with Crippen molar-refractivity contribution in [2.45, 2.75) is 18.9 Å². The summed E-state index contributed by atoms with van der Waals surface area (Å²) < 4.78 is 0. The quantitative estimate of drug-likeness (QED) is 0.851. The zero-order valence-electron chi connectivity index (χ0n) is 8.69. The first-order chi connectivity index (χ1) is 7.31. The molecule has 0 bridgehead atoms. The maximum Gasteiger partial charge on any atom is 0.0811 e. The van der Waals surface area contributed by atoms with Gasteiger partial charge < -0.3 is 10.0 Å².